The number of anilines is 1. The first-order valence-corrected chi connectivity index (χ1v) is 9.27. The van der Waals surface area contributed by atoms with Crippen LogP contribution in [0.25, 0.3) is 0 Å². The second-order valence-corrected chi connectivity index (χ2v) is 7.22. The molecule has 0 saturated heterocycles. The van der Waals surface area contributed by atoms with Gasteiger partial charge in [0.1, 0.15) is 10.8 Å². The number of benzene rings is 2. The predicted octanol–water partition coefficient (Wildman–Crippen LogP) is 4.22. The number of alkyl halides is 3. The van der Waals surface area contributed by atoms with E-state index in [4.69, 9.17) is 4.74 Å². The molecule has 2 aromatic carbocycles. The molecule has 0 aliphatic heterocycles. The minimum Gasteiger partial charge on any atom is -0.496 e. The van der Waals surface area contributed by atoms with Gasteiger partial charge < -0.3 is 4.74 Å². The number of methoxy groups -OCH3 is 1. The smallest absolute Gasteiger partial charge is 0.416 e. The van der Waals surface area contributed by atoms with Crippen molar-refractivity contribution < 1.29 is 22.7 Å². The summed E-state index contributed by atoms with van der Waals surface area (Å²) in [4.78, 5) is 12.4. The summed E-state index contributed by atoms with van der Waals surface area (Å²) >= 11 is 1.19. The van der Waals surface area contributed by atoms with Gasteiger partial charge in [0, 0.05) is 6.42 Å². The van der Waals surface area contributed by atoms with E-state index in [9.17, 15) is 18.0 Å². The van der Waals surface area contributed by atoms with Gasteiger partial charge in [0.2, 0.25) is 5.13 Å². The maximum Gasteiger partial charge on any atom is 0.416 e. The molecule has 0 radical (unpaired) electrons. The SMILES string of the molecule is COc1ccc(C)cc1C(=O)NNc1nnc(Cc2ccc(C(F)(F)F)cc2)s1. The zero-order valence-corrected chi connectivity index (χ0v) is 16.3. The van der Waals surface area contributed by atoms with Crippen molar-refractivity contribution in [3.05, 3.63) is 69.7 Å². The maximum absolute atomic E-state index is 12.6. The van der Waals surface area contributed by atoms with E-state index in [1.807, 2.05) is 13.0 Å². The Balaban J connectivity index is 1.61. The lowest BCUT2D eigenvalue weighted by Gasteiger charge is -2.10. The van der Waals surface area contributed by atoms with Gasteiger partial charge >= 0.3 is 6.18 Å². The Kier molecular flexibility index (Phi) is 6.02. The third-order valence-corrected chi connectivity index (χ3v) is 4.82. The molecule has 152 valence electrons. The van der Waals surface area contributed by atoms with Crippen LogP contribution >= 0.6 is 11.3 Å². The number of ether oxygens (including phenoxy) is 1. The number of hydrogen-bond acceptors (Lipinski definition) is 6. The monoisotopic (exact) mass is 422 g/mol. The van der Waals surface area contributed by atoms with Crippen molar-refractivity contribution in [1.29, 1.82) is 0 Å². The minimum atomic E-state index is -4.36. The highest BCUT2D eigenvalue weighted by Crippen LogP contribution is 2.29. The largest absolute Gasteiger partial charge is 0.496 e. The number of halogens is 3. The summed E-state index contributed by atoms with van der Waals surface area (Å²) in [6.45, 7) is 1.86. The van der Waals surface area contributed by atoms with E-state index in [-0.39, 0.29) is 0 Å². The highest BCUT2D eigenvalue weighted by Gasteiger charge is 2.29. The molecular formula is C19H17F3N4O2S. The number of nitrogens with one attached hydrogen (secondary N) is 2. The molecular weight excluding hydrogens is 405 g/mol. The van der Waals surface area contributed by atoms with E-state index in [1.165, 1.54) is 30.6 Å². The predicted molar refractivity (Wildman–Crippen MR) is 103 cm³/mol. The molecule has 0 bridgehead atoms. The lowest BCUT2D eigenvalue weighted by Crippen LogP contribution is -2.29. The van der Waals surface area contributed by atoms with Crippen molar-refractivity contribution in [2.75, 3.05) is 12.5 Å². The molecule has 0 atom stereocenters. The normalized spacial score (nSPS) is 11.2. The van der Waals surface area contributed by atoms with Crippen LogP contribution in [0.15, 0.2) is 42.5 Å². The Morgan fingerprint density at radius 1 is 1.14 bits per heavy atom. The first-order chi connectivity index (χ1) is 13.8. The van der Waals surface area contributed by atoms with Crippen LogP contribution in [-0.2, 0) is 12.6 Å². The summed E-state index contributed by atoms with van der Waals surface area (Å²) in [5.41, 5.74) is 6.48. The molecule has 3 rings (SSSR count). The zero-order valence-electron chi connectivity index (χ0n) is 15.5. The Hall–Kier alpha value is -3.14. The molecule has 0 unspecified atom stereocenters. The first kappa shape index (κ1) is 20.6. The second kappa shape index (κ2) is 8.48. The lowest BCUT2D eigenvalue weighted by molar-refractivity contribution is -0.137. The van der Waals surface area contributed by atoms with Crippen molar-refractivity contribution >= 4 is 22.4 Å². The maximum atomic E-state index is 12.6. The summed E-state index contributed by atoms with van der Waals surface area (Å²) in [5.74, 6) is 0.0418. The highest BCUT2D eigenvalue weighted by atomic mass is 32.1. The van der Waals surface area contributed by atoms with Gasteiger partial charge in [-0.25, -0.2) is 0 Å². The molecule has 10 heteroatoms. The molecule has 1 heterocycles. The number of aromatic nitrogens is 2. The van der Waals surface area contributed by atoms with Crippen LogP contribution in [0.4, 0.5) is 18.3 Å². The van der Waals surface area contributed by atoms with Crippen molar-refractivity contribution in [2.45, 2.75) is 19.5 Å². The van der Waals surface area contributed by atoms with E-state index in [2.05, 4.69) is 21.0 Å². The van der Waals surface area contributed by atoms with Gasteiger partial charge in [0.25, 0.3) is 5.91 Å². The fourth-order valence-corrected chi connectivity index (χ4v) is 3.27. The number of carbonyl (C=O) groups excluding carboxylic acids is 1. The molecule has 29 heavy (non-hydrogen) atoms. The number of carbonyl (C=O) groups is 1. The molecule has 0 saturated carbocycles. The summed E-state index contributed by atoms with van der Waals surface area (Å²) in [6, 6.07) is 10.1. The third kappa shape index (κ3) is 5.23. The van der Waals surface area contributed by atoms with Gasteiger partial charge in [-0.15, -0.1) is 10.2 Å². The van der Waals surface area contributed by atoms with E-state index < -0.39 is 17.6 Å². The van der Waals surface area contributed by atoms with Gasteiger partial charge in [-0.1, -0.05) is 35.1 Å². The van der Waals surface area contributed by atoms with E-state index in [0.717, 1.165) is 17.7 Å². The fraction of sp³-hybridized carbons (Fsp3) is 0.211. The molecule has 6 nitrogen and oxygen atoms in total. The Bertz CT molecular complexity index is 1000. The summed E-state index contributed by atoms with van der Waals surface area (Å²) in [6.07, 6.45) is -4.03. The van der Waals surface area contributed by atoms with Gasteiger partial charge in [-0.2, -0.15) is 13.2 Å². The topological polar surface area (TPSA) is 76.1 Å². The molecule has 0 aliphatic rings. The molecule has 1 aromatic heterocycles. The van der Waals surface area contributed by atoms with Crippen LogP contribution in [0.2, 0.25) is 0 Å². The van der Waals surface area contributed by atoms with Crippen LogP contribution in [-0.4, -0.2) is 23.2 Å². The minimum absolute atomic E-state index is 0.330. The number of rotatable bonds is 6. The van der Waals surface area contributed by atoms with Crippen LogP contribution < -0.4 is 15.6 Å². The van der Waals surface area contributed by atoms with E-state index in [1.54, 1.807) is 12.1 Å². The van der Waals surface area contributed by atoms with Crippen LogP contribution in [0.3, 0.4) is 0 Å². The van der Waals surface area contributed by atoms with Crippen LogP contribution in [0, 0.1) is 6.92 Å². The van der Waals surface area contributed by atoms with Gasteiger partial charge in [-0.05, 0) is 36.8 Å². The van der Waals surface area contributed by atoms with Crippen LogP contribution in [0.1, 0.15) is 32.1 Å². The Morgan fingerprint density at radius 3 is 2.52 bits per heavy atom. The molecule has 0 aliphatic carbocycles. The number of aryl methyl sites for hydroxylation is 1. The van der Waals surface area contributed by atoms with Crippen molar-refractivity contribution in [2.24, 2.45) is 0 Å². The third-order valence-electron chi connectivity index (χ3n) is 3.99. The number of hydrogen-bond donors (Lipinski definition) is 2. The standard InChI is InChI=1S/C19H17F3N4O2S/c1-11-3-8-15(28-2)14(9-11)17(27)24-26-18-25-23-16(29-18)10-12-4-6-13(7-5-12)19(20,21)22/h3-9H,10H2,1-2H3,(H,24,27)(H,25,26). The lowest BCUT2D eigenvalue weighted by atomic mass is 10.1. The average Bonchev–Trinajstić information content (AvgIpc) is 3.13. The fourth-order valence-electron chi connectivity index (χ4n) is 2.54. The summed E-state index contributed by atoms with van der Waals surface area (Å²) in [5, 5.41) is 8.86. The highest BCUT2D eigenvalue weighted by molar-refractivity contribution is 7.15. The Morgan fingerprint density at radius 2 is 1.86 bits per heavy atom. The van der Waals surface area contributed by atoms with Crippen LogP contribution in [0.5, 0.6) is 5.75 Å². The van der Waals surface area contributed by atoms with Gasteiger partial charge in [0.15, 0.2) is 0 Å². The number of amides is 1. The molecule has 0 fully saturated rings. The average molecular weight is 422 g/mol. The molecule has 2 N–H and O–H groups in total. The zero-order chi connectivity index (χ0) is 21.0. The number of nitrogens with zero attached hydrogens (tertiary/aromatic N) is 2. The van der Waals surface area contributed by atoms with Gasteiger partial charge in [-0.3, -0.25) is 15.6 Å². The van der Waals surface area contributed by atoms with Crippen molar-refractivity contribution in [3.63, 3.8) is 0 Å². The quantitative estimate of drug-likeness (QED) is 0.582. The Labute approximate surface area is 168 Å². The summed E-state index contributed by atoms with van der Waals surface area (Å²) in [7, 11) is 1.48. The summed E-state index contributed by atoms with van der Waals surface area (Å²) < 4.78 is 43.1. The second-order valence-electron chi connectivity index (χ2n) is 6.16. The number of hydrazine groups is 1. The van der Waals surface area contributed by atoms with Crippen molar-refractivity contribution in [1.82, 2.24) is 15.6 Å². The van der Waals surface area contributed by atoms with Gasteiger partial charge in [0.05, 0.1) is 18.2 Å². The first-order valence-electron chi connectivity index (χ1n) is 8.46. The van der Waals surface area contributed by atoms with E-state index >= 15 is 0 Å². The molecule has 1 amide bonds. The van der Waals surface area contributed by atoms with E-state index in [0.29, 0.717) is 33.4 Å². The molecule has 3 aromatic rings. The van der Waals surface area contributed by atoms with Crippen molar-refractivity contribution in [3.8, 4) is 5.75 Å². The molecule has 0 spiro atoms.